The highest BCUT2D eigenvalue weighted by atomic mass is 32.2. The first-order chi connectivity index (χ1) is 12.6. The van der Waals surface area contributed by atoms with Gasteiger partial charge in [0.15, 0.2) is 12.4 Å². The van der Waals surface area contributed by atoms with Crippen LogP contribution in [-0.2, 0) is 16.6 Å². The molecule has 1 aliphatic rings. The average molecular weight is 369 g/mol. The van der Waals surface area contributed by atoms with Gasteiger partial charge in [0.2, 0.25) is 10.0 Å². The lowest BCUT2D eigenvalue weighted by molar-refractivity contribution is -0.917. The summed E-state index contributed by atoms with van der Waals surface area (Å²) in [5.74, 6) is 0. The number of aromatic nitrogens is 1. The quantitative estimate of drug-likeness (QED) is 0.738. The number of H-pyrrole nitrogens is 1. The zero-order valence-corrected chi connectivity index (χ0v) is 15.4. The van der Waals surface area contributed by atoms with Crippen molar-refractivity contribution in [3.8, 4) is 0 Å². The van der Waals surface area contributed by atoms with Gasteiger partial charge in [0.25, 0.3) is 0 Å². The minimum Gasteiger partial charge on any atom is -0.329 e. The minimum absolute atomic E-state index is 0.386. The molecule has 1 saturated heterocycles. The van der Waals surface area contributed by atoms with Gasteiger partial charge in [0, 0.05) is 6.07 Å². The van der Waals surface area contributed by atoms with Gasteiger partial charge in [-0.05, 0) is 29.0 Å². The van der Waals surface area contributed by atoms with Crippen LogP contribution in [0.15, 0.2) is 71.9 Å². The van der Waals surface area contributed by atoms with Crippen LogP contribution in [0.1, 0.15) is 5.56 Å². The molecule has 2 aromatic carbocycles. The van der Waals surface area contributed by atoms with Gasteiger partial charge in [-0.15, -0.1) is 0 Å². The Morgan fingerprint density at radius 1 is 0.962 bits per heavy atom. The second-order valence-corrected chi connectivity index (χ2v) is 8.69. The number of rotatable bonds is 4. The van der Waals surface area contributed by atoms with Crippen molar-refractivity contribution >= 4 is 20.8 Å². The SMILES string of the molecule is O=S(=O)(c1ccc2ccccc2c1)N1CC[NH+](Cc2ccc[nH+]c2)CC1. The Morgan fingerprint density at radius 2 is 1.73 bits per heavy atom. The number of quaternary nitrogens is 1. The maximum Gasteiger partial charge on any atom is 0.243 e. The third-order valence-electron chi connectivity index (χ3n) is 5.01. The predicted molar refractivity (Wildman–Crippen MR) is 100 cm³/mol. The zero-order valence-electron chi connectivity index (χ0n) is 14.6. The molecule has 2 N–H and O–H groups in total. The third-order valence-corrected chi connectivity index (χ3v) is 6.91. The lowest BCUT2D eigenvalue weighted by Gasteiger charge is -2.31. The molecule has 1 fully saturated rings. The lowest BCUT2D eigenvalue weighted by atomic mass is 10.1. The summed E-state index contributed by atoms with van der Waals surface area (Å²) in [5, 5.41) is 2.01. The molecule has 2 heterocycles. The summed E-state index contributed by atoms with van der Waals surface area (Å²) in [7, 11) is -3.44. The van der Waals surface area contributed by atoms with Crippen molar-refractivity contribution in [1.29, 1.82) is 0 Å². The van der Waals surface area contributed by atoms with E-state index in [0.717, 1.165) is 30.4 Å². The molecule has 26 heavy (non-hydrogen) atoms. The molecule has 0 spiro atoms. The van der Waals surface area contributed by atoms with E-state index >= 15 is 0 Å². The molecule has 0 radical (unpaired) electrons. The van der Waals surface area contributed by atoms with Gasteiger partial charge in [0.05, 0.1) is 36.6 Å². The number of hydrogen-bond acceptors (Lipinski definition) is 2. The first kappa shape index (κ1) is 17.1. The molecule has 4 rings (SSSR count). The summed E-state index contributed by atoms with van der Waals surface area (Å²) in [4.78, 5) is 4.90. The number of nitrogens with zero attached hydrogens (tertiary/aromatic N) is 1. The molecule has 0 unspecified atom stereocenters. The van der Waals surface area contributed by atoms with Crippen molar-refractivity contribution in [3.05, 3.63) is 72.6 Å². The van der Waals surface area contributed by atoms with Crippen LogP contribution in [0, 0.1) is 0 Å². The Bertz CT molecular complexity index is 998. The van der Waals surface area contributed by atoms with Crippen LogP contribution in [-0.4, -0.2) is 38.9 Å². The smallest absolute Gasteiger partial charge is 0.243 e. The molecule has 0 aliphatic carbocycles. The summed E-state index contributed by atoms with van der Waals surface area (Å²) >= 11 is 0. The van der Waals surface area contributed by atoms with Crippen LogP contribution < -0.4 is 9.88 Å². The van der Waals surface area contributed by atoms with Gasteiger partial charge in [-0.2, -0.15) is 4.31 Å². The van der Waals surface area contributed by atoms with E-state index in [-0.39, 0.29) is 0 Å². The standard InChI is InChI=1S/C20H21N3O2S/c24-26(25,20-8-7-18-5-1-2-6-19(18)14-20)23-12-10-22(11-13-23)16-17-4-3-9-21-15-17/h1-9,14-15H,10-13,16H2/p+2. The predicted octanol–water partition coefficient (Wildman–Crippen LogP) is 0.743. The Morgan fingerprint density at radius 3 is 2.46 bits per heavy atom. The maximum absolute atomic E-state index is 13.0. The van der Waals surface area contributed by atoms with Crippen LogP contribution in [0.4, 0.5) is 0 Å². The molecule has 5 nitrogen and oxygen atoms in total. The molecule has 6 heteroatoms. The second kappa shape index (κ2) is 7.15. The molecule has 0 saturated carbocycles. The maximum atomic E-state index is 13.0. The number of pyridine rings is 1. The van der Waals surface area contributed by atoms with Crippen molar-refractivity contribution in [2.75, 3.05) is 26.2 Å². The Balaban J connectivity index is 1.47. The van der Waals surface area contributed by atoms with Gasteiger partial charge < -0.3 is 4.90 Å². The highest BCUT2D eigenvalue weighted by Crippen LogP contribution is 2.21. The van der Waals surface area contributed by atoms with Crippen LogP contribution in [0.25, 0.3) is 10.8 Å². The first-order valence-corrected chi connectivity index (χ1v) is 10.3. The van der Waals surface area contributed by atoms with Crippen molar-refractivity contribution in [3.63, 3.8) is 0 Å². The van der Waals surface area contributed by atoms with Crippen molar-refractivity contribution in [1.82, 2.24) is 4.31 Å². The largest absolute Gasteiger partial charge is 0.329 e. The summed E-state index contributed by atoms with van der Waals surface area (Å²) in [6.07, 6.45) is 3.90. The van der Waals surface area contributed by atoms with Gasteiger partial charge in [-0.1, -0.05) is 30.3 Å². The molecule has 1 aromatic heterocycles. The molecular formula is C20H23N3O2S+2. The summed E-state index contributed by atoms with van der Waals surface area (Å²) in [5.41, 5.74) is 1.24. The average Bonchev–Trinajstić information content (AvgIpc) is 2.69. The molecule has 3 aromatic rings. The fourth-order valence-electron chi connectivity index (χ4n) is 3.53. The Labute approximate surface area is 153 Å². The molecule has 1 aliphatic heterocycles. The van der Waals surface area contributed by atoms with E-state index in [2.05, 4.69) is 11.1 Å². The number of aromatic amines is 1. The fourth-order valence-corrected chi connectivity index (χ4v) is 5.00. The highest BCUT2D eigenvalue weighted by molar-refractivity contribution is 7.89. The Kier molecular flexibility index (Phi) is 4.72. The van der Waals surface area contributed by atoms with Gasteiger partial charge in [-0.25, -0.2) is 13.4 Å². The number of benzene rings is 2. The summed E-state index contributed by atoms with van der Waals surface area (Å²) < 4.78 is 27.6. The third kappa shape index (κ3) is 3.49. The van der Waals surface area contributed by atoms with Crippen LogP contribution in [0.5, 0.6) is 0 Å². The van der Waals surface area contributed by atoms with Crippen LogP contribution >= 0.6 is 0 Å². The number of fused-ring (bicyclic) bond motifs is 1. The van der Waals surface area contributed by atoms with Gasteiger partial charge in [0.1, 0.15) is 6.54 Å². The van der Waals surface area contributed by atoms with Gasteiger partial charge in [-0.3, -0.25) is 0 Å². The fraction of sp³-hybridized carbons (Fsp3) is 0.250. The molecule has 0 bridgehead atoms. The number of piperazine rings is 1. The molecular weight excluding hydrogens is 346 g/mol. The van der Waals surface area contributed by atoms with E-state index in [9.17, 15) is 8.42 Å². The van der Waals surface area contributed by atoms with Crippen molar-refractivity contribution in [2.24, 2.45) is 0 Å². The second-order valence-electron chi connectivity index (χ2n) is 6.75. The van der Waals surface area contributed by atoms with E-state index in [1.807, 2.05) is 48.8 Å². The molecule has 0 amide bonds. The van der Waals surface area contributed by atoms with Crippen LogP contribution in [0.2, 0.25) is 0 Å². The van der Waals surface area contributed by atoms with E-state index < -0.39 is 10.0 Å². The topological polar surface area (TPSA) is 56.0 Å². The van der Waals surface area contributed by atoms with E-state index in [1.165, 1.54) is 10.5 Å². The van der Waals surface area contributed by atoms with Crippen molar-refractivity contribution < 1.29 is 18.3 Å². The molecule has 0 atom stereocenters. The van der Waals surface area contributed by atoms with E-state index in [4.69, 9.17) is 0 Å². The Hall–Kier alpha value is -2.28. The minimum atomic E-state index is -3.44. The van der Waals surface area contributed by atoms with Gasteiger partial charge >= 0.3 is 0 Å². The highest BCUT2D eigenvalue weighted by Gasteiger charge is 2.30. The number of nitrogens with one attached hydrogen (secondary N) is 2. The normalized spacial score (nSPS) is 16.8. The molecule has 134 valence electrons. The number of sulfonamides is 1. The van der Waals surface area contributed by atoms with Crippen LogP contribution in [0.3, 0.4) is 0 Å². The summed E-state index contributed by atoms with van der Waals surface area (Å²) in [6.45, 7) is 3.67. The van der Waals surface area contributed by atoms with E-state index in [0.29, 0.717) is 18.0 Å². The number of hydrogen-bond donors (Lipinski definition) is 1. The van der Waals surface area contributed by atoms with Crippen molar-refractivity contribution in [2.45, 2.75) is 11.4 Å². The summed E-state index contributed by atoms with van der Waals surface area (Å²) in [6, 6.07) is 17.3. The monoisotopic (exact) mass is 369 g/mol. The zero-order chi connectivity index (χ0) is 18.0. The first-order valence-electron chi connectivity index (χ1n) is 8.90. The lowest BCUT2D eigenvalue weighted by Crippen LogP contribution is -3.13. The van der Waals surface area contributed by atoms with E-state index in [1.54, 1.807) is 16.4 Å².